The van der Waals surface area contributed by atoms with Gasteiger partial charge in [-0.3, -0.25) is 4.79 Å². The fourth-order valence-electron chi connectivity index (χ4n) is 3.49. The Balaban J connectivity index is 1.56. The molecule has 1 aromatic heterocycles. The van der Waals surface area contributed by atoms with Crippen molar-refractivity contribution in [1.82, 2.24) is 4.98 Å². The van der Waals surface area contributed by atoms with Crippen LogP contribution in [0, 0.1) is 5.82 Å². The maximum Gasteiger partial charge on any atom is 0.253 e. The summed E-state index contributed by atoms with van der Waals surface area (Å²) in [6, 6.07) is 10.7. The van der Waals surface area contributed by atoms with E-state index in [4.69, 9.17) is 10.2 Å². The van der Waals surface area contributed by atoms with Crippen LogP contribution in [0.2, 0.25) is 0 Å². The molecule has 0 saturated carbocycles. The zero-order valence-corrected chi connectivity index (χ0v) is 15.5. The van der Waals surface area contributed by atoms with Gasteiger partial charge in [0, 0.05) is 23.5 Å². The normalized spacial score (nSPS) is 15.5. The fraction of sp³-hybridized carbons (Fsp3) is 0.263. The lowest BCUT2D eigenvalue weighted by Crippen LogP contribution is -2.35. The Morgan fingerprint density at radius 1 is 1.27 bits per heavy atom. The molecule has 134 valence electrons. The van der Waals surface area contributed by atoms with Gasteiger partial charge in [-0.25, -0.2) is 9.37 Å². The van der Waals surface area contributed by atoms with Gasteiger partial charge in [-0.05, 0) is 37.1 Å². The number of primary amides is 1. The third kappa shape index (κ3) is 3.07. The zero-order chi connectivity index (χ0) is 18.3. The van der Waals surface area contributed by atoms with Crippen LogP contribution in [0.5, 0.6) is 0 Å². The smallest absolute Gasteiger partial charge is 0.253 e. The Kier molecular flexibility index (Phi) is 4.40. The number of nitrogens with zero attached hydrogens (tertiary/aromatic N) is 2. The zero-order valence-electron chi connectivity index (χ0n) is 13.9. The number of piperidine rings is 1. The molecule has 0 unspecified atom stereocenters. The summed E-state index contributed by atoms with van der Waals surface area (Å²) < 4.78 is 20.7. The number of carbonyl (C=O) groups is 1. The number of hydrogen-bond acceptors (Lipinski definition) is 4. The molecule has 5 nitrogen and oxygen atoms in total. The van der Waals surface area contributed by atoms with Crippen molar-refractivity contribution in [2.24, 2.45) is 5.73 Å². The lowest BCUT2D eigenvalue weighted by Gasteiger charge is -2.33. The molecule has 0 bridgehead atoms. The summed E-state index contributed by atoms with van der Waals surface area (Å²) in [5.41, 5.74) is 7.50. The third-order valence-corrected chi connectivity index (χ3v) is 5.23. The van der Waals surface area contributed by atoms with Crippen molar-refractivity contribution >= 4 is 38.6 Å². The topological polar surface area (TPSA) is 72.4 Å². The molecule has 0 spiro atoms. The van der Waals surface area contributed by atoms with Gasteiger partial charge in [-0.1, -0.05) is 28.1 Å². The molecule has 2 aromatic carbocycles. The van der Waals surface area contributed by atoms with Gasteiger partial charge in [-0.15, -0.1) is 0 Å². The first kappa shape index (κ1) is 17.0. The number of amides is 1. The van der Waals surface area contributed by atoms with Crippen molar-refractivity contribution in [3.63, 3.8) is 0 Å². The van der Waals surface area contributed by atoms with Crippen LogP contribution in [0.15, 0.2) is 45.3 Å². The Hall–Kier alpha value is -2.41. The lowest BCUT2D eigenvalue weighted by atomic mass is 9.95. The monoisotopic (exact) mass is 417 g/mol. The first-order valence-corrected chi connectivity index (χ1v) is 9.21. The lowest BCUT2D eigenvalue weighted by molar-refractivity contribution is 0.0997. The van der Waals surface area contributed by atoms with E-state index < -0.39 is 11.7 Å². The Morgan fingerprint density at radius 3 is 2.69 bits per heavy atom. The molecule has 1 fully saturated rings. The van der Waals surface area contributed by atoms with Crippen molar-refractivity contribution in [3.8, 4) is 0 Å². The number of nitrogens with two attached hydrogens (primary N) is 1. The molecule has 2 heterocycles. The van der Waals surface area contributed by atoms with E-state index in [2.05, 4.69) is 20.9 Å². The summed E-state index contributed by atoms with van der Waals surface area (Å²) in [5, 5.41) is 0. The van der Waals surface area contributed by atoms with Gasteiger partial charge in [0.15, 0.2) is 11.5 Å². The first-order valence-electron chi connectivity index (χ1n) is 8.42. The van der Waals surface area contributed by atoms with Gasteiger partial charge in [0.1, 0.15) is 11.3 Å². The maximum absolute atomic E-state index is 14.2. The second-order valence-corrected chi connectivity index (χ2v) is 7.34. The van der Waals surface area contributed by atoms with Gasteiger partial charge >= 0.3 is 0 Å². The largest absolute Gasteiger partial charge is 0.440 e. The first-order chi connectivity index (χ1) is 12.5. The predicted molar refractivity (Wildman–Crippen MR) is 101 cm³/mol. The van der Waals surface area contributed by atoms with Crippen LogP contribution in [0.25, 0.3) is 11.1 Å². The minimum Gasteiger partial charge on any atom is -0.440 e. The van der Waals surface area contributed by atoms with Crippen LogP contribution in [-0.2, 0) is 0 Å². The molecule has 2 N–H and O–H groups in total. The van der Waals surface area contributed by atoms with Gasteiger partial charge in [0.2, 0.25) is 0 Å². The Labute approximate surface area is 158 Å². The van der Waals surface area contributed by atoms with E-state index in [0.29, 0.717) is 23.2 Å². The Morgan fingerprint density at radius 2 is 2.00 bits per heavy atom. The summed E-state index contributed by atoms with van der Waals surface area (Å²) in [5.74, 6) is -0.428. The number of rotatable bonds is 3. The van der Waals surface area contributed by atoms with E-state index in [0.717, 1.165) is 29.8 Å². The summed E-state index contributed by atoms with van der Waals surface area (Å²) >= 11 is 3.29. The second kappa shape index (κ2) is 6.72. The minimum atomic E-state index is -0.758. The number of hydrogen-bond donors (Lipinski definition) is 1. The molecule has 1 saturated heterocycles. The van der Waals surface area contributed by atoms with Crippen molar-refractivity contribution in [2.45, 2.75) is 18.8 Å². The quantitative estimate of drug-likeness (QED) is 0.692. The highest BCUT2D eigenvalue weighted by atomic mass is 79.9. The van der Waals surface area contributed by atoms with Crippen molar-refractivity contribution in [1.29, 1.82) is 0 Å². The van der Waals surface area contributed by atoms with Crippen LogP contribution in [0.3, 0.4) is 0 Å². The molecule has 0 radical (unpaired) electrons. The van der Waals surface area contributed by atoms with Gasteiger partial charge in [0.05, 0.1) is 11.3 Å². The van der Waals surface area contributed by atoms with Gasteiger partial charge in [-0.2, -0.15) is 0 Å². The summed E-state index contributed by atoms with van der Waals surface area (Å²) in [4.78, 5) is 18.3. The van der Waals surface area contributed by atoms with Crippen molar-refractivity contribution in [2.75, 3.05) is 18.0 Å². The molecule has 1 aliphatic heterocycles. The molecule has 1 aliphatic rings. The number of carbonyl (C=O) groups excluding carboxylic acids is 1. The van der Waals surface area contributed by atoms with E-state index >= 15 is 0 Å². The fourth-order valence-corrected chi connectivity index (χ4v) is 3.90. The average molecular weight is 418 g/mol. The van der Waals surface area contributed by atoms with E-state index in [1.54, 1.807) is 6.07 Å². The SMILES string of the molecule is NC(=O)c1c(F)cc(Br)cc1N1CCC(c2nc3ccccc3o2)CC1. The number of fused-ring (bicyclic) bond motifs is 1. The molecule has 26 heavy (non-hydrogen) atoms. The number of halogens is 2. The highest BCUT2D eigenvalue weighted by molar-refractivity contribution is 9.10. The van der Waals surface area contributed by atoms with E-state index in [9.17, 15) is 9.18 Å². The second-order valence-electron chi connectivity index (χ2n) is 6.43. The number of aromatic nitrogens is 1. The summed E-state index contributed by atoms with van der Waals surface area (Å²) in [6.07, 6.45) is 1.61. The van der Waals surface area contributed by atoms with Gasteiger partial charge in [0.25, 0.3) is 5.91 Å². The molecular weight excluding hydrogens is 401 g/mol. The summed E-state index contributed by atoms with van der Waals surface area (Å²) in [7, 11) is 0. The predicted octanol–water partition coefficient (Wildman–Crippen LogP) is 4.21. The molecule has 0 aliphatic carbocycles. The van der Waals surface area contributed by atoms with Crippen LogP contribution in [0.4, 0.5) is 10.1 Å². The molecule has 0 atom stereocenters. The van der Waals surface area contributed by atoms with Crippen LogP contribution < -0.4 is 10.6 Å². The Bertz CT molecular complexity index is 947. The number of benzene rings is 2. The highest BCUT2D eigenvalue weighted by Crippen LogP contribution is 2.34. The van der Waals surface area contributed by atoms with E-state index in [1.165, 1.54) is 6.07 Å². The van der Waals surface area contributed by atoms with Crippen molar-refractivity contribution < 1.29 is 13.6 Å². The number of para-hydroxylation sites is 2. The van der Waals surface area contributed by atoms with E-state index in [-0.39, 0.29) is 11.5 Å². The average Bonchev–Trinajstić information content (AvgIpc) is 3.05. The number of oxazole rings is 1. The molecule has 4 rings (SSSR count). The molecular formula is C19H17BrFN3O2. The summed E-state index contributed by atoms with van der Waals surface area (Å²) in [6.45, 7) is 1.33. The van der Waals surface area contributed by atoms with Crippen LogP contribution in [-0.4, -0.2) is 24.0 Å². The van der Waals surface area contributed by atoms with Crippen LogP contribution in [0.1, 0.15) is 35.0 Å². The molecule has 3 aromatic rings. The molecule has 1 amide bonds. The third-order valence-electron chi connectivity index (χ3n) is 4.78. The van der Waals surface area contributed by atoms with Crippen LogP contribution >= 0.6 is 15.9 Å². The number of anilines is 1. The van der Waals surface area contributed by atoms with Crippen molar-refractivity contribution in [3.05, 3.63) is 58.1 Å². The standard InChI is InChI=1S/C19H17BrFN3O2/c20-12-9-13(21)17(18(22)25)15(10-12)24-7-5-11(6-8-24)19-23-14-3-1-2-4-16(14)26-19/h1-4,9-11H,5-8H2,(H2,22,25). The highest BCUT2D eigenvalue weighted by Gasteiger charge is 2.28. The minimum absolute atomic E-state index is 0.0616. The van der Waals surface area contributed by atoms with E-state index in [1.807, 2.05) is 29.2 Å². The molecule has 7 heteroatoms. The maximum atomic E-state index is 14.2. The van der Waals surface area contributed by atoms with Gasteiger partial charge < -0.3 is 15.1 Å².